The fourth-order valence-corrected chi connectivity index (χ4v) is 3.19. The van der Waals surface area contributed by atoms with E-state index in [2.05, 4.69) is 5.10 Å². The summed E-state index contributed by atoms with van der Waals surface area (Å²) in [6, 6.07) is 14.2. The second-order valence-corrected chi connectivity index (χ2v) is 7.73. The predicted molar refractivity (Wildman–Crippen MR) is 94.7 cm³/mol. The molecule has 3 aromatic rings. The molecule has 2 aromatic carbocycles. The van der Waals surface area contributed by atoms with Crippen molar-refractivity contribution in [1.82, 2.24) is 9.78 Å². The lowest BCUT2D eigenvalue weighted by molar-refractivity contribution is 0.602. The van der Waals surface area contributed by atoms with E-state index in [4.69, 9.17) is 5.73 Å². The van der Waals surface area contributed by atoms with E-state index >= 15 is 0 Å². The van der Waals surface area contributed by atoms with E-state index in [9.17, 15) is 18.1 Å². The maximum atomic E-state index is 13.7. The van der Waals surface area contributed by atoms with Crippen LogP contribution in [-0.2, 0) is 16.4 Å². The van der Waals surface area contributed by atoms with Crippen molar-refractivity contribution in [3.63, 3.8) is 0 Å². The van der Waals surface area contributed by atoms with E-state index in [0.717, 1.165) is 6.26 Å². The number of hydrogen-bond acceptors (Lipinski definition) is 5. The first-order valence-electron chi connectivity index (χ1n) is 7.63. The Hall–Kier alpha value is -3.02. The van der Waals surface area contributed by atoms with Gasteiger partial charge >= 0.3 is 0 Å². The van der Waals surface area contributed by atoms with E-state index in [1.807, 2.05) is 6.07 Å². The highest BCUT2D eigenvalue weighted by Crippen LogP contribution is 2.26. The van der Waals surface area contributed by atoms with Gasteiger partial charge in [-0.25, -0.2) is 17.5 Å². The molecule has 0 spiro atoms. The van der Waals surface area contributed by atoms with Gasteiger partial charge in [-0.05, 0) is 30.3 Å². The second-order valence-electron chi connectivity index (χ2n) is 5.71. The average Bonchev–Trinajstić information content (AvgIpc) is 3.06. The van der Waals surface area contributed by atoms with E-state index in [0.29, 0.717) is 22.5 Å². The lowest BCUT2D eigenvalue weighted by Crippen LogP contribution is -2.05. The molecule has 0 aliphatic rings. The summed E-state index contributed by atoms with van der Waals surface area (Å²) in [5, 5.41) is 13.4. The Labute approximate surface area is 150 Å². The minimum Gasteiger partial charge on any atom is -0.326 e. The van der Waals surface area contributed by atoms with E-state index in [1.165, 1.54) is 28.9 Å². The summed E-state index contributed by atoms with van der Waals surface area (Å²) in [5.74, 6) is -0.414. The first kappa shape index (κ1) is 17.8. The molecule has 0 amide bonds. The molecule has 0 bridgehead atoms. The van der Waals surface area contributed by atoms with Crippen molar-refractivity contribution in [1.29, 1.82) is 5.26 Å². The van der Waals surface area contributed by atoms with Crippen molar-refractivity contribution in [2.45, 2.75) is 11.4 Å². The predicted octanol–water partition coefficient (Wildman–Crippen LogP) is 2.41. The van der Waals surface area contributed by atoms with Crippen molar-refractivity contribution >= 4 is 9.84 Å². The average molecular weight is 370 g/mol. The van der Waals surface area contributed by atoms with Gasteiger partial charge in [-0.2, -0.15) is 10.4 Å². The summed E-state index contributed by atoms with van der Waals surface area (Å²) < 4.78 is 38.5. The minimum atomic E-state index is -3.31. The first-order valence-corrected chi connectivity index (χ1v) is 9.52. The van der Waals surface area contributed by atoms with Crippen LogP contribution >= 0.6 is 0 Å². The van der Waals surface area contributed by atoms with E-state index < -0.39 is 15.7 Å². The summed E-state index contributed by atoms with van der Waals surface area (Å²) in [4.78, 5) is 0.194. The zero-order valence-corrected chi connectivity index (χ0v) is 14.7. The molecule has 1 aromatic heterocycles. The minimum absolute atomic E-state index is 0.0322. The van der Waals surface area contributed by atoms with Gasteiger partial charge in [0.05, 0.1) is 16.3 Å². The molecule has 6 nitrogen and oxygen atoms in total. The van der Waals surface area contributed by atoms with Crippen LogP contribution in [0.2, 0.25) is 0 Å². The summed E-state index contributed by atoms with van der Waals surface area (Å²) in [7, 11) is -3.31. The molecule has 0 radical (unpaired) electrons. The Morgan fingerprint density at radius 3 is 2.46 bits per heavy atom. The van der Waals surface area contributed by atoms with Gasteiger partial charge in [0.15, 0.2) is 15.5 Å². The SMILES string of the molecule is CS(=O)(=O)c1ccc(-c2cc(C#N)nn2-c2ccc(F)c(CN)c2)cc1. The Kier molecular flexibility index (Phi) is 4.59. The highest BCUT2D eigenvalue weighted by atomic mass is 32.2. The van der Waals surface area contributed by atoms with Gasteiger partial charge in [0, 0.05) is 30.0 Å². The molecule has 0 saturated carbocycles. The van der Waals surface area contributed by atoms with Gasteiger partial charge in [-0.15, -0.1) is 0 Å². The summed E-state index contributed by atoms with van der Waals surface area (Å²) in [5.41, 5.74) is 7.87. The number of halogens is 1. The number of nitrogens with two attached hydrogens (primary N) is 1. The van der Waals surface area contributed by atoms with Crippen LogP contribution in [0.1, 0.15) is 11.3 Å². The van der Waals surface area contributed by atoms with Crippen molar-refractivity contribution in [3.05, 3.63) is 65.6 Å². The molecule has 3 rings (SSSR count). The van der Waals surface area contributed by atoms with Gasteiger partial charge < -0.3 is 5.73 Å². The maximum absolute atomic E-state index is 13.7. The van der Waals surface area contributed by atoms with Gasteiger partial charge in [0.2, 0.25) is 0 Å². The summed E-state index contributed by atoms with van der Waals surface area (Å²) in [6.45, 7) is 0.0322. The fourth-order valence-electron chi connectivity index (χ4n) is 2.56. The number of nitriles is 1. The molecular formula is C18H15FN4O2S. The second kappa shape index (κ2) is 6.71. The molecule has 8 heteroatoms. The molecular weight excluding hydrogens is 355 g/mol. The summed E-state index contributed by atoms with van der Waals surface area (Å²) in [6.07, 6.45) is 1.13. The number of nitrogens with zero attached hydrogens (tertiary/aromatic N) is 3. The standard InChI is InChI=1S/C18H15FN4O2S/c1-26(24,25)16-5-2-12(3-6-16)18-9-14(11-21)22-23(18)15-4-7-17(19)13(8-15)10-20/h2-9H,10,20H2,1H3. The molecule has 0 atom stereocenters. The van der Waals surface area contributed by atoms with Crippen LogP contribution in [-0.4, -0.2) is 24.5 Å². The smallest absolute Gasteiger partial charge is 0.175 e. The maximum Gasteiger partial charge on any atom is 0.175 e. The largest absolute Gasteiger partial charge is 0.326 e. The van der Waals surface area contributed by atoms with E-state index in [-0.39, 0.29) is 17.1 Å². The zero-order chi connectivity index (χ0) is 18.9. The molecule has 0 fully saturated rings. The number of sulfone groups is 1. The van der Waals surface area contributed by atoms with Gasteiger partial charge in [-0.3, -0.25) is 0 Å². The van der Waals surface area contributed by atoms with Crippen LogP contribution in [0.5, 0.6) is 0 Å². The number of benzene rings is 2. The van der Waals surface area contributed by atoms with Crippen LogP contribution in [0, 0.1) is 17.1 Å². The number of aromatic nitrogens is 2. The Balaban J connectivity index is 2.15. The quantitative estimate of drug-likeness (QED) is 0.760. The van der Waals surface area contributed by atoms with Crippen LogP contribution in [0.15, 0.2) is 53.4 Å². The Morgan fingerprint density at radius 2 is 1.88 bits per heavy atom. The molecule has 132 valence electrons. The fraction of sp³-hybridized carbons (Fsp3) is 0.111. The topological polar surface area (TPSA) is 102 Å². The third kappa shape index (κ3) is 3.35. The highest BCUT2D eigenvalue weighted by Gasteiger charge is 2.14. The first-order chi connectivity index (χ1) is 12.3. The molecule has 26 heavy (non-hydrogen) atoms. The van der Waals surface area contributed by atoms with Gasteiger partial charge in [0.1, 0.15) is 11.9 Å². The van der Waals surface area contributed by atoms with Crippen LogP contribution in [0.3, 0.4) is 0 Å². The van der Waals surface area contributed by atoms with E-state index in [1.54, 1.807) is 24.3 Å². The Bertz CT molecular complexity index is 1110. The van der Waals surface area contributed by atoms with Crippen LogP contribution in [0.25, 0.3) is 16.9 Å². The van der Waals surface area contributed by atoms with Gasteiger partial charge in [-0.1, -0.05) is 12.1 Å². The third-order valence-corrected chi connectivity index (χ3v) is 5.02. The van der Waals surface area contributed by atoms with Crippen LogP contribution < -0.4 is 5.73 Å². The Morgan fingerprint density at radius 1 is 1.19 bits per heavy atom. The van der Waals surface area contributed by atoms with Crippen molar-refractivity contribution in [3.8, 4) is 23.0 Å². The summed E-state index contributed by atoms with van der Waals surface area (Å²) >= 11 is 0. The molecule has 2 N–H and O–H groups in total. The lowest BCUT2D eigenvalue weighted by Gasteiger charge is -2.10. The van der Waals surface area contributed by atoms with Crippen molar-refractivity contribution in [2.24, 2.45) is 5.73 Å². The number of hydrogen-bond donors (Lipinski definition) is 1. The third-order valence-electron chi connectivity index (χ3n) is 3.90. The highest BCUT2D eigenvalue weighted by molar-refractivity contribution is 7.90. The molecule has 0 saturated heterocycles. The zero-order valence-electron chi connectivity index (χ0n) is 13.8. The molecule has 1 heterocycles. The molecule has 0 aliphatic heterocycles. The monoisotopic (exact) mass is 370 g/mol. The van der Waals surface area contributed by atoms with Gasteiger partial charge in [0.25, 0.3) is 0 Å². The van der Waals surface area contributed by atoms with Crippen molar-refractivity contribution < 1.29 is 12.8 Å². The van der Waals surface area contributed by atoms with Crippen LogP contribution in [0.4, 0.5) is 4.39 Å². The lowest BCUT2D eigenvalue weighted by atomic mass is 10.1. The normalized spacial score (nSPS) is 11.3. The molecule has 0 unspecified atom stereocenters. The number of rotatable bonds is 4. The molecule has 0 aliphatic carbocycles. The van der Waals surface area contributed by atoms with Crippen molar-refractivity contribution in [2.75, 3.05) is 6.26 Å².